The first-order valence-electron chi connectivity index (χ1n) is 21.7. The van der Waals surface area contributed by atoms with Crippen LogP contribution < -0.4 is 28.7 Å². The maximum absolute atomic E-state index is 12.9. The van der Waals surface area contributed by atoms with Crippen LogP contribution in [0.25, 0.3) is 0 Å². The van der Waals surface area contributed by atoms with E-state index in [1.165, 1.54) is 7.11 Å². The topological polar surface area (TPSA) is 132 Å². The lowest BCUT2D eigenvalue weighted by Gasteiger charge is -2.43. The maximum Gasteiger partial charge on any atom is 0.347 e. The van der Waals surface area contributed by atoms with Crippen molar-refractivity contribution in [2.75, 3.05) is 31.1 Å². The Bertz CT molecular complexity index is 2990. The van der Waals surface area contributed by atoms with Crippen LogP contribution in [0.4, 0.5) is 11.4 Å². The van der Waals surface area contributed by atoms with Crippen LogP contribution in [0.5, 0.6) is 28.7 Å². The number of ether oxygens (including phenoxy) is 4. The smallest absolute Gasteiger partial charge is 0.347 e. The summed E-state index contributed by atoms with van der Waals surface area (Å²) in [4.78, 5) is 52.1. The van der Waals surface area contributed by atoms with Crippen LogP contribution in [0.1, 0.15) is 82.9 Å². The summed E-state index contributed by atoms with van der Waals surface area (Å²) < 4.78 is 21.9. The standard InChI is InChI=1S/C28H27NO5.C20H21NO3.C8H7ClO/c1-16-11-12-20(14-24(16)34-28(31)22-9-7-8-10-23(22)32-5)26-19(4)27(30)29(26)21-13-17(2)18(3)25(15-21)33-6;1-11-6-7-15(9-17(11)22)19-14(4)20(23)21(19)16-8-12(2)13(3)18(10-16)24-5;1-6-4-2-3-5-7(6)8(9)10/h7-15,26H,4H2,1-3,5-6H3;6-10,19,22H,4H2,1-3,5H3;2-5H,1H3/t26-;19-;/m11./s1. The van der Waals surface area contributed by atoms with E-state index in [-0.39, 0.29) is 29.6 Å². The Hall–Kier alpha value is -7.63. The number of benzene rings is 6. The Balaban J connectivity index is 0.000000193. The number of aromatic hydroxyl groups is 1. The van der Waals surface area contributed by atoms with Crippen LogP contribution >= 0.6 is 11.6 Å². The summed E-state index contributed by atoms with van der Waals surface area (Å²) in [5.41, 5.74) is 11.7. The van der Waals surface area contributed by atoms with Crippen molar-refractivity contribution in [2.45, 2.75) is 60.5 Å². The third kappa shape index (κ3) is 10.0. The maximum atomic E-state index is 12.9. The molecule has 11 nitrogen and oxygen atoms in total. The molecule has 1 N–H and O–H groups in total. The summed E-state index contributed by atoms with van der Waals surface area (Å²) >= 11 is 5.27. The van der Waals surface area contributed by atoms with Gasteiger partial charge in [-0.1, -0.05) is 67.8 Å². The highest BCUT2D eigenvalue weighted by molar-refractivity contribution is 6.67. The van der Waals surface area contributed by atoms with Crippen molar-refractivity contribution in [3.63, 3.8) is 0 Å². The highest BCUT2D eigenvalue weighted by Crippen LogP contribution is 2.46. The highest BCUT2D eigenvalue weighted by Gasteiger charge is 2.44. The lowest BCUT2D eigenvalue weighted by atomic mass is 9.87. The molecule has 12 heteroatoms. The zero-order chi connectivity index (χ0) is 49.7. The van der Waals surface area contributed by atoms with Crippen LogP contribution in [0.3, 0.4) is 0 Å². The molecule has 2 saturated heterocycles. The lowest BCUT2D eigenvalue weighted by Crippen LogP contribution is -2.48. The molecule has 6 aromatic rings. The molecule has 0 unspecified atom stereocenters. The van der Waals surface area contributed by atoms with Crippen LogP contribution in [-0.2, 0) is 9.59 Å². The molecule has 2 amide bonds. The Labute approximate surface area is 402 Å². The van der Waals surface area contributed by atoms with E-state index in [0.29, 0.717) is 33.8 Å². The number of methoxy groups -OCH3 is 3. The molecule has 2 atom stereocenters. The van der Waals surface area contributed by atoms with E-state index < -0.39 is 11.2 Å². The molecule has 2 fully saturated rings. The largest absolute Gasteiger partial charge is 0.508 e. The molecule has 350 valence electrons. The minimum atomic E-state index is -0.517. The fourth-order valence-corrected chi connectivity index (χ4v) is 8.18. The molecule has 0 spiro atoms. The van der Waals surface area contributed by atoms with Crippen molar-refractivity contribution in [3.05, 3.63) is 195 Å². The van der Waals surface area contributed by atoms with Gasteiger partial charge in [-0.25, -0.2) is 4.79 Å². The van der Waals surface area contributed by atoms with Gasteiger partial charge in [-0.15, -0.1) is 0 Å². The van der Waals surface area contributed by atoms with E-state index in [1.807, 2.05) is 109 Å². The average Bonchev–Trinajstić information content (AvgIpc) is 3.33. The number of hydrogen-bond acceptors (Lipinski definition) is 9. The first kappa shape index (κ1) is 49.8. The first-order valence-corrected chi connectivity index (χ1v) is 22.1. The second-order valence-electron chi connectivity index (χ2n) is 16.6. The molecule has 0 saturated carbocycles. The Morgan fingerprint density at radius 2 is 0.985 bits per heavy atom. The number of amides is 2. The van der Waals surface area contributed by atoms with Gasteiger partial charge in [0, 0.05) is 40.2 Å². The summed E-state index contributed by atoms with van der Waals surface area (Å²) in [7, 11) is 4.74. The number of hydrogen-bond donors (Lipinski definition) is 1. The van der Waals surface area contributed by atoms with E-state index in [0.717, 1.165) is 72.9 Å². The van der Waals surface area contributed by atoms with Crippen molar-refractivity contribution in [1.29, 1.82) is 0 Å². The number of halogens is 1. The molecule has 0 radical (unpaired) electrons. The van der Waals surface area contributed by atoms with Gasteiger partial charge in [0.1, 0.15) is 34.3 Å². The van der Waals surface area contributed by atoms with Gasteiger partial charge in [-0.05, 0) is 153 Å². The molecule has 2 heterocycles. The molecule has 0 aromatic heterocycles. The third-order valence-electron chi connectivity index (χ3n) is 12.3. The van der Waals surface area contributed by atoms with E-state index in [4.69, 9.17) is 30.5 Å². The average molecular weight is 936 g/mol. The Morgan fingerprint density at radius 3 is 1.44 bits per heavy atom. The van der Waals surface area contributed by atoms with Crippen molar-refractivity contribution in [2.24, 2.45) is 0 Å². The molecule has 2 aliphatic heterocycles. The number of rotatable bonds is 10. The number of aryl methyl sites for hydroxylation is 5. The van der Waals surface area contributed by atoms with Gasteiger partial charge in [-0.3, -0.25) is 24.2 Å². The Kier molecular flexibility index (Phi) is 15.3. The fourth-order valence-electron chi connectivity index (χ4n) is 7.96. The van der Waals surface area contributed by atoms with E-state index >= 15 is 0 Å². The van der Waals surface area contributed by atoms with Crippen LogP contribution in [0, 0.1) is 48.5 Å². The number of phenols is 1. The van der Waals surface area contributed by atoms with Crippen LogP contribution in [0.15, 0.2) is 133 Å². The van der Waals surface area contributed by atoms with Gasteiger partial charge in [-0.2, -0.15) is 0 Å². The number of nitrogens with zero attached hydrogens (tertiary/aromatic N) is 2. The number of esters is 1. The summed E-state index contributed by atoms with van der Waals surface area (Å²) in [6, 6.07) is 32.2. The van der Waals surface area contributed by atoms with Crippen molar-refractivity contribution in [3.8, 4) is 28.7 Å². The van der Waals surface area contributed by atoms with Crippen molar-refractivity contribution in [1.82, 2.24) is 0 Å². The fraction of sp³-hybridized carbons (Fsp3) is 0.214. The quantitative estimate of drug-likeness (QED) is 0.0469. The number of anilines is 2. The minimum Gasteiger partial charge on any atom is -0.508 e. The van der Waals surface area contributed by atoms with Gasteiger partial charge < -0.3 is 24.1 Å². The number of carbonyl (C=O) groups excluding carboxylic acids is 4. The Morgan fingerprint density at radius 1 is 0.529 bits per heavy atom. The first-order chi connectivity index (χ1) is 32.3. The second-order valence-corrected chi connectivity index (χ2v) is 17.0. The van der Waals surface area contributed by atoms with Crippen molar-refractivity contribution < 1.29 is 43.2 Å². The van der Waals surface area contributed by atoms with Gasteiger partial charge in [0.15, 0.2) is 0 Å². The van der Waals surface area contributed by atoms with E-state index in [2.05, 4.69) is 13.2 Å². The van der Waals surface area contributed by atoms with Gasteiger partial charge in [0.25, 0.3) is 17.1 Å². The SMILES string of the molecule is C=C1C(=O)N(c2cc(C)c(C)c(OC)c2)[C@H]1c1ccc(C)c(O)c1.C=C1C(=O)N(c2cc(C)c(C)c(OC)c2)[C@H]1c1ccc(C)c(OC(=O)c2ccccc2OC)c1.Cc1ccccc1C(=O)Cl. The monoisotopic (exact) mass is 934 g/mol. The lowest BCUT2D eigenvalue weighted by molar-refractivity contribution is -0.119. The van der Waals surface area contributed by atoms with Crippen LogP contribution in [0.2, 0.25) is 0 Å². The number of β-lactam (4-membered cyclic amide) rings is 2. The predicted octanol–water partition coefficient (Wildman–Crippen LogP) is 11.8. The highest BCUT2D eigenvalue weighted by atomic mass is 35.5. The molecule has 0 aliphatic carbocycles. The summed E-state index contributed by atoms with van der Waals surface area (Å²) in [5, 5.41) is 9.60. The molecule has 0 bridgehead atoms. The molecular formula is C56H55ClN2O9. The number of para-hydroxylation sites is 1. The molecular weight excluding hydrogens is 880 g/mol. The predicted molar refractivity (Wildman–Crippen MR) is 267 cm³/mol. The van der Waals surface area contributed by atoms with Crippen molar-refractivity contribution >= 4 is 46.0 Å². The summed E-state index contributed by atoms with van der Waals surface area (Å²) in [6.45, 7) is 21.4. The second kappa shape index (κ2) is 20.9. The van der Waals surface area contributed by atoms with E-state index in [1.54, 1.807) is 72.6 Å². The minimum absolute atomic E-state index is 0.106. The number of phenolic OH excluding ortho intramolecular Hbond substituents is 1. The van der Waals surface area contributed by atoms with Crippen LogP contribution in [-0.4, -0.2) is 49.5 Å². The van der Waals surface area contributed by atoms with Gasteiger partial charge >= 0.3 is 5.97 Å². The number of carbonyl (C=O) groups is 4. The third-order valence-corrected chi connectivity index (χ3v) is 12.5. The normalized spacial score (nSPS) is 14.9. The molecule has 6 aromatic carbocycles. The zero-order valence-electron chi connectivity index (χ0n) is 39.9. The van der Waals surface area contributed by atoms with Gasteiger partial charge in [0.2, 0.25) is 0 Å². The van der Waals surface area contributed by atoms with Gasteiger partial charge in [0.05, 0.1) is 33.4 Å². The van der Waals surface area contributed by atoms with E-state index in [9.17, 15) is 24.3 Å². The summed E-state index contributed by atoms with van der Waals surface area (Å²) in [6.07, 6.45) is 0. The molecule has 68 heavy (non-hydrogen) atoms. The zero-order valence-corrected chi connectivity index (χ0v) is 40.7. The molecule has 2 aliphatic rings. The molecule has 8 rings (SSSR count). The summed E-state index contributed by atoms with van der Waals surface area (Å²) in [5.74, 6) is 1.77.